The Morgan fingerprint density at radius 3 is 2.69 bits per heavy atom. The minimum atomic E-state index is -2.03. The van der Waals surface area contributed by atoms with Crippen molar-refractivity contribution >= 4 is 25.3 Å². The number of hydrogen-bond donors (Lipinski definition) is 2. The normalized spacial score (nSPS) is 27.3. The third-order valence-electron chi connectivity index (χ3n) is 5.37. The van der Waals surface area contributed by atoms with Crippen LogP contribution in [-0.4, -0.2) is 57.9 Å². The monoisotopic (exact) mass is 383 g/mol. The first-order valence-corrected chi connectivity index (χ1v) is 11.5. The van der Waals surface area contributed by atoms with E-state index in [1.807, 2.05) is 0 Å². The summed E-state index contributed by atoms with van der Waals surface area (Å²) in [6, 6.07) is 0. The lowest BCUT2D eigenvalue weighted by atomic mass is 10.1. The molecule has 3 heterocycles. The molecule has 3 rings (SSSR count). The molecule has 8 nitrogen and oxygen atoms in total. The van der Waals surface area contributed by atoms with Crippen molar-refractivity contribution in [2.75, 3.05) is 12.3 Å². The van der Waals surface area contributed by atoms with Gasteiger partial charge in [0, 0.05) is 0 Å². The molecule has 0 spiro atoms. The zero-order chi connectivity index (χ0) is 19.3. The first kappa shape index (κ1) is 19.1. The van der Waals surface area contributed by atoms with Gasteiger partial charge in [-0.1, -0.05) is 20.8 Å². The van der Waals surface area contributed by atoms with E-state index in [0.717, 1.165) is 0 Å². The van der Waals surface area contributed by atoms with E-state index >= 15 is 0 Å². The van der Waals surface area contributed by atoms with Gasteiger partial charge in [-0.15, -0.1) is 0 Å². The Morgan fingerprint density at radius 1 is 1.35 bits per heavy atom. The maximum atomic E-state index is 14.7. The molecule has 144 valence electrons. The van der Waals surface area contributed by atoms with Crippen LogP contribution < -0.4 is 5.73 Å². The summed E-state index contributed by atoms with van der Waals surface area (Å²) in [5, 5.41) is 10.3. The van der Waals surface area contributed by atoms with Gasteiger partial charge in [-0.25, -0.2) is 19.3 Å². The fourth-order valence-corrected chi connectivity index (χ4v) is 3.64. The van der Waals surface area contributed by atoms with Crippen molar-refractivity contribution in [3.63, 3.8) is 0 Å². The van der Waals surface area contributed by atoms with Gasteiger partial charge in [0.15, 0.2) is 32.2 Å². The molecule has 0 amide bonds. The average Bonchev–Trinajstić information content (AvgIpc) is 3.08. The van der Waals surface area contributed by atoms with Crippen LogP contribution >= 0.6 is 0 Å². The highest BCUT2D eigenvalue weighted by Crippen LogP contribution is 2.38. The average molecular weight is 384 g/mol. The van der Waals surface area contributed by atoms with Crippen LogP contribution in [0.4, 0.5) is 10.2 Å². The number of rotatable bonds is 4. The van der Waals surface area contributed by atoms with Gasteiger partial charge in [0.25, 0.3) is 0 Å². The third kappa shape index (κ3) is 3.22. The van der Waals surface area contributed by atoms with Crippen molar-refractivity contribution in [1.29, 1.82) is 0 Å². The summed E-state index contributed by atoms with van der Waals surface area (Å²) in [4.78, 5) is 12.1. The molecule has 2 aromatic heterocycles. The molecule has 0 saturated carbocycles. The molecule has 0 aromatic carbocycles. The van der Waals surface area contributed by atoms with Gasteiger partial charge in [0.1, 0.15) is 24.1 Å². The number of aliphatic hydroxyl groups is 1. The van der Waals surface area contributed by atoms with Crippen molar-refractivity contribution in [3.05, 3.63) is 12.7 Å². The smallest absolute Gasteiger partial charge is 0.192 e. The van der Waals surface area contributed by atoms with Gasteiger partial charge in [-0.05, 0) is 18.1 Å². The Kier molecular flexibility index (Phi) is 4.80. The minimum absolute atomic E-state index is 0.0140. The van der Waals surface area contributed by atoms with Crippen molar-refractivity contribution in [1.82, 2.24) is 19.5 Å². The number of nitrogens with two attached hydrogens (primary N) is 1. The number of nitrogen functional groups attached to an aromatic ring is 1. The SMILES string of the molecule is CC(C)(C)[Si](C)(C)OC[C@H]1O[C@@H](n2cnc3c(N)ncnc32)[C@H](F)[C@H]1O. The summed E-state index contributed by atoms with van der Waals surface area (Å²) >= 11 is 0. The molecule has 2 aromatic rings. The molecule has 26 heavy (non-hydrogen) atoms. The quantitative estimate of drug-likeness (QED) is 0.778. The lowest BCUT2D eigenvalue weighted by molar-refractivity contribution is -0.0434. The van der Waals surface area contributed by atoms with Crippen LogP contribution in [0.5, 0.6) is 0 Å². The number of alkyl halides is 1. The molecule has 1 aliphatic rings. The predicted molar refractivity (Wildman–Crippen MR) is 97.7 cm³/mol. The number of hydrogen-bond acceptors (Lipinski definition) is 7. The van der Waals surface area contributed by atoms with Crippen molar-refractivity contribution in [2.24, 2.45) is 0 Å². The molecule has 1 aliphatic heterocycles. The van der Waals surface area contributed by atoms with Gasteiger partial charge in [-0.2, -0.15) is 0 Å². The Labute approximate surface area is 152 Å². The summed E-state index contributed by atoms with van der Waals surface area (Å²) < 4.78 is 28.0. The molecule has 1 saturated heterocycles. The Bertz CT molecular complexity index is 794. The lowest BCUT2D eigenvalue weighted by Gasteiger charge is -2.37. The molecule has 0 unspecified atom stereocenters. The second kappa shape index (κ2) is 6.52. The minimum Gasteiger partial charge on any atom is -0.414 e. The number of fused-ring (bicyclic) bond motifs is 1. The first-order valence-electron chi connectivity index (χ1n) is 8.57. The van der Waals surface area contributed by atoms with E-state index in [1.54, 1.807) is 0 Å². The summed E-state index contributed by atoms with van der Waals surface area (Å²) in [5.41, 5.74) is 6.51. The second-order valence-electron chi connectivity index (χ2n) is 8.15. The second-order valence-corrected chi connectivity index (χ2v) is 13.0. The van der Waals surface area contributed by atoms with Crippen molar-refractivity contribution < 1.29 is 18.7 Å². The maximum Gasteiger partial charge on any atom is 0.192 e. The van der Waals surface area contributed by atoms with Crippen LogP contribution in [0.2, 0.25) is 18.1 Å². The molecule has 0 aliphatic carbocycles. The number of aromatic nitrogens is 4. The van der Waals surface area contributed by atoms with E-state index in [4.69, 9.17) is 14.9 Å². The highest BCUT2D eigenvalue weighted by atomic mass is 28.4. The molecule has 10 heteroatoms. The van der Waals surface area contributed by atoms with Crippen LogP contribution in [0.25, 0.3) is 11.2 Å². The number of halogens is 1. The van der Waals surface area contributed by atoms with Crippen LogP contribution in [-0.2, 0) is 9.16 Å². The zero-order valence-corrected chi connectivity index (χ0v) is 16.7. The number of aliphatic hydroxyl groups excluding tert-OH is 1. The largest absolute Gasteiger partial charge is 0.414 e. The van der Waals surface area contributed by atoms with Gasteiger partial charge in [-0.3, -0.25) is 4.57 Å². The van der Waals surface area contributed by atoms with E-state index in [9.17, 15) is 9.50 Å². The van der Waals surface area contributed by atoms with Crippen LogP contribution in [0.1, 0.15) is 27.0 Å². The molecular weight excluding hydrogens is 357 g/mol. The van der Waals surface area contributed by atoms with E-state index in [-0.39, 0.29) is 17.5 Å². The topological polar surface area (TPSA) is 108 Å². The van der Waals surface area contributed by atoms with Crippen LogP contribution in [0, 0.1) is 0 Å². The van der Waals surface area contributed by atoms with Gasteiger partial charge < -0.3 is 20.0 Å². The molecule has 0 radical (unpaired) electrons. The Hall–Kier alpha value is -1.62. The lowest BCUT2D eigenvalue weighted by Crippen LogP contribution is -2.44. The summed E-state index contributed by atoms with van der Waals surface area (Å²) in [6.45, 7) is 10.7. The molecule has 3 N–H and O–H groups in total. The van der Waals surface area contributed by atoms with Crippen LogP contribution in [0.15, 0.2) is 12.7 Å². The van der Waals surface area contributed by atoms with E-state index < -0.39 is 32.9 Å². The first-order chi connectivity index (χ1) is 12.0. The zero-order valence-electron chi connectivity index (χ0n) is 15.7. The van der Waals surface area contributed by atoms with E-state index in [2.05, 4.69) is 48.8 Å². The molecular formula is C16H26FN5O3Si. The predicted octanol–water partition coefficient (Wildman–Crippen LogP) is 2.03. The van der Waals surface area contributed by atoms with E-state index in [1.165, 1.54) is 17.2 Å². The fourth-order valence-electron chi connectivity index (χ4n) is 2.63. The Morgan fingerprint density at radius 2 is 2.04 bits per heavy atom. The molecule has 0 bridgehead atoms. The van der Waals surface area contributed by atoms with Crippen molar-refractivity contribution in [3.8, 4) is 0 Å². The summed E-state index contributed by atoms with van der Waals surface area (Å²) in [7, 11) is -2.03. The van der Waals surface area contributed by atoms with Gasteiger partial charge in [0.2, 0.25) is 0 Å². The number of ether oxygens (including phenoxy) is 1. The highest BCUT2D eigenvalue weighted by molar-refractivity contribution is 6.74. The fraction of sp³-hybridized carbons (Fsp3) is 0.688. The van der Waals surface area contributed by atoms with Crippen molar-refractivity contribution in [2.45, 2.75) is 63.5 Å². The summed E-state index contributed by atoms with van der Waals surface area (Å²) in [5.74, 6) is 0.209. The van der Waals surface area contributed by atoms with Gasteiger partial charge in [0.05, 0.1) is 12.9 Å². The highest BCUT2D eigenvalue weighted by Gasteiger charge is 2.47. The maximum absolute atomic E-state index is 14.7. The van der Waals surface area contributed by atoms with Crippen LogP contribution in [0.3, 0.4) is 0 Å². The van der Waals surface area contributed by atoms with E-state index in [0.29, 0.717) is 11.2 Å². The molecule has 4 atom stereocenters. The third-order valence-corrected chi connectivity index (χ3v) is 9.87. The summed E-state index contributed by atoms with van der Waals surface area (Å²) in [6.07, 6.45) is -2.04. The number of nitrogens with zero attached hydrogens (tertiary/aromatic N) is 4. The number of imidazole rings is 1. The van der Waals surface area contributed by atoms with Gasteiger partial charge >= 0.3 is 0 Å². The molecule has 1 fully saturated rings. The Balaban J connectivity index is 1.78. The number of anilines is 1. The standard InChI is InChI=1S/C16H26FN5O3Si/c1-16(2,3)26(4,5)24-6-9-12(23)10(17)15(25-9)22-8-21-11-13(18)19-7-20-14(11)22/h7-10,12,15,23H,6H2,1-5H3,(H2,18,19,20)/t9-,10-,12+,15-/m1/s1.